The Morgan fingerprint density at radius 1 is 1.27 bits per heavy atom. The third kappa shape index (κ3) is 4.25. The van der Waals surface area contributed by atoms with Crippen molar-refractivity contribution in [2.24, 2.45) is 0 Å². The lowest BCUT2D eigenvalue weighted by Gasteiger charge is -2.23. The first-order chi connectivity index (χ1) is 16.0. The van der Waals surface area contributed by atoms with Crippen LogP contribution in [0.15, 0.2) is 36.7 Å². The van der Waals surface area contributed by atoms with Crippen molar-refractivity contribution in [3.63, 3.8) is 0 Å². The van der Waals surface area contributed by atoms with E-state index in [0.29, 0.717) is 25.3 Å². The number of anilines is 2. The quantitative estimate of drug-likeness (QED) is 0.451. The van der Waals surface area contributed by atoms with E-state index in [2.05, 4.69) is 20.6 Å². The van der Waals surface area contributed by atoms with Crippen molar-refractivity contribution in [1.82, 2.24) is 15.3 Å². The summed E-state index contributed by atoms with van der Waals surface area (Å²) in [5.41, 5.74) is 1.55. The lowest BCUT2D eigenvalue weighted by molar-refractivity contribution is 0.0935. The number of H-pyrrole nitrogens is 1. The van der Waals surface area contributed by atoms with Gasteiger partial charge in [0.2, 0.25) is 0 Å². The molecule has 7 nitrogen and oxygen atoms in total. The minimum absolute atomic E-state index is 0.0608. The van der Waals surface area contributed by atoms with Crippen molar-refractivity contribution in [2.45, 2.75) is 18.8 Å². The lowest BCUT2D eigenvalue weighted by atomic mass is 9.93. The molecule has 33 heavy (non-hydrogen) atoms. The molecule has 1 atom stereocenters. The van der Waals surface area contributed by atoms with E-state index in [9.17, 15) is 18.0 Å². The molecule has 0 saturated carbocycles. The van der Waals surface area contributed by atoms with Gasteiger partial charge in [-0.15, -0.1) is 0 Å². The summed E-state index contributed by atoms with van der Waals surface area (Å²) in [7, 11) is 2.90. The molecule has 3 aromatic rings. The number of amides is 1. The zero-order chi connectivity index (χ0) is 23.5. The van der Waals surface area contributed by atoms with Crippen LogP contribution in [0.25, 0.3) is 11.3 Å². The molecular formula is C23H23F3N4O3. The van der Waals surface area contributed by atoms with E-state index in [4.69, 9.17) is 9.47 Å². The number of rotatable bonds is 8. The molecule has 0 unspecified atom stereocenters. The average Bonchev–Trinajstić information content (AvgIpc) is 3.19. The Morgan fingerprint density at radius 2 is 2.09 bits per heavy atom. The van der Waals surface area contributed by atoms with Gasteiger partial charge in [-0.2, -0.15) is 0 Å². The Bertz CT molecular complexity index is 1170. The van der Waals surface area contributed by atoms with Crippen LogP contribution in [-0.4, -0.2) is 43.2 Å². The number of carbonyl (C=O) groups is 1. The van der Waals surface area contributed by atoms with Crippen LogP contribution < -0.4 is 15.4 Å². The van der Waals surface area contributed by atoms with Crippen molar-refractivity contribution < 1.29 is 27.4 Å². The van der Waals surface area contributed by atoms with Gasteiger partial charge in [-0.1, -0.05) is 6.07 Å². The van der Waals surface area contributed by atoms with Gasteiger partial charge >= 0.3 is 0 Å². The monoisotopic (exact) mass is 460 g/mol. The van der Waals surface area contributed by atoms with Crippen LogP contribution in [0.5, 0.6) is 5.75 Å². The maximum Gasteiger partial charge on any atom is 0.265 e. The Morgan fingerprint density at radius 3 is 2.82 bits per heavy atom. The minimum Gasteiger partial charge on any atom is -0.492 e. The van der Waals surface area contributed by atoms with Gasteiger partial charge in [-0.05, 0) is 24.6 Å². The molecule has 1 amide bonds. The van der Waals surface area contributed by atoms with Crippen LogP contribution in [0.4, 0.5) is 24.5 Å². The first-order valence-electron chi connectivity index (χ1n) is 10.3. The number of pyridine rings is 1. The van der Waals surface area contributed by atoms with Gasteiger partial charge < -0.3 is 25.1 Å². The van der Waals surface area contributed by atoms with E-state index in [1.807, 2.05) is 0 Å². The van der Waals surface area contributed by atoms with Crippen LogP contribution in [0.2, 0.25) is 0 Å². The third-order valence-corrected chi connectivity index (χ3v) is 5.63. The first-order valence-corrected chi connectivity index (χ1v) is 10.3. The number of alkyl halides is 2. The molecule has 2 aromatic heterocycles. The van der Waals surface area contributed by atoms with Crippen LogP contribution in [0.3, 0.4) is 0 Å². The summed E-state index contributed by atoms with van der Waals surface area (Å²) in [5.74, 6) is -1.16. The van der Waals surface area contributed by atoms with Gasteiger partial charge in [0, 0.05) is 55.4 Å². The highest BCUT2D eigenvalue weighted by Crippen LogP contribution is 2.44. The van der Waals surface area contributed by atoms with Gasteiger partial charge in [-0.25, -0.2) is 13.2 Å². The topological polar surface area (TPSA) is 88.3 Å². The number of aromatic amines is 1. The van der Waals surface area contributed by atoms with Crippen LogP contribution in [0.1, 0.15) is 40.4 Å². The van der Waals surface area contributed by atoms with E-state index in [-0.39, 0.29) is 51.3 Å². The highest BCUT2D eigenvalue weighted by molar-refractivity contribution is 6.06. The fraction of sp³-hybridized carbons (Fsp3) is 0.304. The molecule has 0 fully saturated rings. The molecule has 0 radical (unpaired) electrons. The predicted molar refractivity (Wildman–Crippen MR) is 117 cm³/mol. The van der Waals surface area contributed by atoms with Crippen molar-refractivity contribution in [2.75, 3.05) is 32.7 Å². The highest BCUT2D eigenvalue weighted by Gasteiger charge is 2.34. The number of halogens is 3. The second kappa shape index (κ2) is 9.53. The third-order valence-electron chi connectivity index (χ3n) is 5.63. The van der Waals surface area contributed by atoms with E-state index in [1.54, 1.807) is 13.2 Å². The Hall–Kier alpha value is -3.53. The summed E-state index contributed by atoms with van der Waals surface area (Å²) >= 11 is 0. The Labute approximate surface area is 188 Å². The minimum atomic E-state index is -2.79. The van der Waals surface area contributed by atoms with Gasteiger partial charge in [0.05, 0.1) is 29.7 Å². The fourth-order valence-electron chi connectivity index (χ4n) is 4.06. The number of hydrogen-bond acceptors (Lipinski definition) is 5. The van der Waals surface area contributed by atoms with Gasteiger partial charge in [0.1, 0.15) is 0 Å². The summed E-state index contributed by atoms with van der Waals surface area (Å²) in [6.45, 7) is 0.822. The summed E-state index contributed by atoms with van der Waals surface area (Å²) in [6.07, 6.45) is 0.304. The molecule has 0 saturated heterocycles. The van der Waals surface area contributed by atoms with Crippen molar-refractivity contribution in [1.29, 1.82) is 0 Å². The standard InChI is InChI=1S/C23H23F3N4O3/c1-32-9-7-12-10-28-23(31)17-18(12)30-19(13-6-8-27-11-14(13)22(25)26)20(17)29-16-5-3-4-15(24)21(16)33-2/h3-6,8,11-12,22,29-30H,7,9-10H2,1-2H3,(H,28,31)/t12-/m1/s1. The Kier molecular flexibility index (Phi) is 6.55. The van der Waals surface area contributed by atoms with Crippen LogP contribution in [0, 0.1) is 5.82 Å². The second-order valence-electron chi connectivity index (χ2n) is 7.56. The molecule has 4 rings (SSSR count). The normalized spacial score (nSPS) is 15.3. The molecule has 3 heterocycles. The summed E-state index contributed by atoms with van der Waals surface area (Å²) in [4.78, 5) is 20.0. The average molecular weight is 460 g/mol. The smallest absolute Gasteiger partial charge is 0.265 e. The van der Waals surface area contributed by atoms with E-state index >= 15 is 0 Å². The molecule has 0 bridgehead atoms. The molecule has 1 aromatic carbocycles. The summed E-state index contributed by atoms with van der Waals surface area (Å²) < 4.78 is 52.3. The van der Waals surface area contributed by atoms with Crippen molar-refractivity contribution in [3.8, 4) is 17.0 Å². The predicted octanol–water partition coefficient (Wildman–Crippen LogP) is 4.77. The summed E-state index contributed by atoms with van der Waals surface area (Å²) in [6, 6.07) is 5.75. The molecule has 0 aliphatic carbocycles. The second-order valence-corrected chi connectivity index (χ2v) is 7.56. The number of methoxy groups -OCH3 is 2. The maximum absolute atomic E-state index is 14.3. The zero-order valence-corrected chi connectivity index (χ0v) is 18.0. The largest absolute Gasteiger partial charge is 0.492 e. The Balaban J connectivity index is 1.94. The molecule has 10 heteroatoms. The number of carbonyl (C=O) groups excluding carboxylic acids is 1. The fourth-order valence-corrected chi connectivity index (χ4v) is 4.06. The van der Waals surface area contributed by atoms with Crippen LogP contribution >= 0.6 is 0 Å². The van der Waals surface area contributed by atoms with Gasteiger partial charge in [0.15, 0.2) is 11.6 Å². The molecule has 3 N–H and O–H groups in total. The van der Waals surface area contributed by atoms with E-state index in [1.165, 1.54) is 31.5 Å². The number of benzene rings is 1. The molecule has 1 aliphatic rings. The van der Waals surface area contributed by atoms with E-state index in [0.717, 1.165) is 6.20 Å². The SMILES string of the molecule is COCC[C@@H]1CNC(=O)c2c1[nH]c(-c1ccncc1C(F)F)c2Nc1cccc(F)c1OC. The van der Waals surface area contributed by atoms with Gasteiger partial charge in [0.25, 0.3) is 12.3 Å². The molecule has 0 spiro atoms. The van der Waals surface area contributed by atoms with Crippen LogP contribution in [-0.2, 0) is 4.74 Å². The number of nitrogens with one attached hydrogen (secondary N) is 3. The number of aromatic nitrogens is 2. The number of para-hydroxylation sites is 1. The zero-order valence-electron chi connectivity index (χ0n) is 18.0. The number of nitrogens with zero attached hydrogens (tertiary/aromatic N) is 1. The lowest BCUT2D eigenvalue weighted by Crippen LogP contribution is -2.35. The maximum atomic E-state index is 14.3. The molecule has 174 valence electrons. The first kappa shape index (κ1) is 22.7. The molecule has 1 aliphatic heterocycles. The van der Waals surface area contributed by atoms with Crippen molar-refractivity contribution in [3.05, 3.63) is 59.3 Å². The number of ether oxygens (including phenoxy) is 2. The number of hydrogen-bond donors (Lipinski definition) is 3. The van der Waals surface area contributed by atoms with Crippen molar-refractivity contribution >= 4 is 17.3 Å². The van der Waals surface area contributed by atoms with E-state index < -0.39 is 12.2 Å². The molecular weight excluding hydrogens is 437 g/mol. The van der Waals surface area contributed by atoms with Gasteiger partial charge in [-0.3, -0.25) is 9.78 Å². The number of fused-ring (bicyclic) bond motifs is 1. The summed E-state index contributed by atoms with van der Waals surface area (Å²) in [5, 5.41) is 5.90. The highest BCUT2D eigenvalue weighted by atomic mass is 19.3.